The molecule has 0 saturated carbocycles. The second-order valence-corrected chi connectivity index (χ2v) is 5.14. The van der Waals surface area contributed by atoms with Crippen molar-refractivity contribution >= 4 is 18.3 Å². The van der Waals surface area contributed by atoms with E-state index in [-0.39, 0.29) is 19.3 Å². The fourth-order valence-corrected chi connectivity index (χ4v) is 0.647. The molecule has 0 aromatic heterocycles. The maximum absolute atomic E-state index is 10.3. The number of primary amides is 1. The summed E-state index contributed by atoms with van der Waals surface area (Å²) in [5.41, 5.74) is 10.1. The number of carbonyl (C=O) groups is 3. The number of rotatable bonds is 8. The highest BCUT2D eigenvalue weighted by Gasteiger charge is 2.16. The maximum atomic E-state index is 10.3. The molecule has 26 heavy (non-hydrogen) atoms. The quantitative estimate of drug-likeness (QED) is 0.404. The number of carboxylic acid groups (broad SMARTS) is 1. The minimum Gasteiger partial charge on any atom is -0.480 e. The van der Waals surface area contributed by atoms with Crippen molar-refractivity contribution in [3.8, 4) is 0 Å². The van der Waals surface area contributed by atoms with Crippen LogP contribution in [0.5, 0.6) is 0 Å². The molecule has 0 rings (SSSR count). The summed E-state index contributed by atoms with van der Waals surface area (Å²) >= 11 is 0. The number of aliphatic hydroxyl groups excluding tert-OH is 1. The van der Waals surface area contributed by atoms with Crippen LogP contribution >= 0.6 is 0 Å². The Morgan fingerprint density at radius 2 is 1.46 bits per heavy atom. The molecule has 2 atom stereocenters. The third kappa shape index (κ3) is 49.5. The zero-order valence-corrected chi connectivity index (χ0v) is 17.9. The molecule has 0 aromatic rings. The van der Waals surface area contributed by atoms with Crippen LogP contribution in [0, 0.1) is 5.92 Å². The van der Waals surface area contributed by atoms with Gasteiger partial charge < -0.3 is 27.0 Å². The van der Waals surface area contributed by atoms with Gasteiger partial charge in [0.2, 0.25) is 12.3 Å². The van der Waals surface area contributed by atoms with Crippen molar-refractivity contribution in [1.82, 2.24) is 5.32 Å². The fraction of sp³-hybridized carbons (Fsp3) is 0.833. The molecule has 0 fully saturated rings. The summed E-state index contributed by atoms with van der Waals surface area (Å²) in [7, 11) is 0. The van der Waals surface area contributed by atoms with Crippen molar-refractivity contribution in [2.24, 2.45) is 17.4 Å². The molecule has 7 N–H and O–H groups in total. The Bertz CT molecular complexity index is 291. The maximum Gasteiger partial charge on any atom is 0.326 e. The van der Waals surface area contributed by atoms with Gasteiger partial charge in [-0.1, -0.05) is 48.5 Å². The van der Waals surface area contributed by atoms with Crippen LogP contribution in [0.15, 0.2) is 0 Å². The second-order valence-electron chi connectivity index (χ2n) is 5.14. The van der Waals surface area contributed by atoms with Gasteiger partial charge in [-0.2, -0.15) is 0 Å². The van der Waals surface area contributed by atoms with Gasteiger partial charge in [-0.3, -0.25) is 9.59 Å². The van der Waals surface area contributed by atoms with E-state index in [4.69, 9.17) is 21.7 Å². The van der Waals surface area contributed by atoms with Gasteiger partial charge in [-0.05, 0) is 25.7 Å². The predicted molar refractivity (Wildman–Crippen MR) is 108 cm³/mol. The van der Waals surface area contributed by atoms with Crippen molar-refractivity contribution in [1.29, 1.82) is 0 Å². The Morgan fingerprint density at radius 3 is 1.62 bits per heavy atom. The molecule has 0 aliphatic heterocycles. The molecule has 0 aliphatic carbocycles. The first kappa shape index (κ1) is 35.4. The van der Waals surface area contributed by atoms with Crippen LogP contribution in [0.3, 0.4) is 0 Å². The third-order valence-corrected chi connectivity index (χ3v) is 2.26. The van der Waals surface area contributed by atoms with E-state index in [1.807, 2.05) is 53.8 Å². The van der Waals surface area contributed by atoms with E-state index in [9.17, 15) is 14.4 Å². The minimum absolute atomic E-state index is 0.0173. The smallest absolute Gasteiger partial charge is 0.326 e. The van der Waals surface area contributed by atoms with Gasteiger partial charge >= 0.3 is 5.97 Å². The molecule has 0 spiro atoms. The van der Waals surface area contributed by atoms with E-state index < -0.39 is 17.9 Å². The van der Waals surface area contributed by atoms with Gasteiger partial charge in [0.05, 0.1) is 0 Å². The SMILES string of the molecule is CC.CC.CC(C)CO.CCC(C)N.NC(=O)CCC(NC=O)C(=O)O. The molecule has 0 radical (unpaired) electrons. The van der Waals surface area contributed by atoms with E-state index in [0.717, 1.165) is 6.42 Å². The second kappa shape index (κ2) is 31.1. The zero-order valence-electron chi connectivity index (χ0n) is 17.9. The van der Waals surface area contributed by atoms with E-state index >= 15 is 0 Å². The first-order valence-corrected chi connectivity index (χ1v) is 9.19. The molecule has 8 heteroatoms. The summed E-state index contributed by atoms with van der Waals surface area (Å²) in [6, 6.07) is -0.648. The molecule has 2 amide bonds. The Morgan fingerprint density at radius 1 is 1.12 bits per heavy atom. The fourth-order valence-electron chi connectivity index (χ4n) is 0.647. The van der Waals surface area contributed by atoms with Crippen molar-refractivity contribution in [3.05, 3.63) is 0 Å². The summed E-state index contributed by atoms with van der Waals surface area (Å²) in [5.74, 6) is -1.33. The summed E-state index contributed by atoms with van der Waals surface area (Å²) in [5, 5.41) is 18.6. The van der Waals surface area contributed by atoms with Gasteiger partial charge in [0, 0.05) is 19.1 Å². The molecule has 160 valence electrons. The summed E-state index contributed by atoms with van der Waals surface area (Å²) < 4.78 is 0. The molecular weight excluding hydrogens is 338 g/mol. The van der Waals surface area contributed by atoms with Crippen molar-refractivity contribution in [2.45, 2.75) is 86.7 Å². The number of nitrogens with two attached hydrogens (primary N) is 2. The van der Waals surface area contributed by atoms with Gasteiger partial charge in [0.15, 0.2) is 0 Å². The number of carbonyl (C=O) groups excluding carboxylic acids is 2. The standard InChI is InChI=1S/C6H10N2O4.C4H11N.C4H10O.2C2H6/c7-5(10)2-1-4(6(11)12)8-3-9;1-3-4(2)5;1-4(2)3-5;2*1-2/h3-4H,1-2H2,(H2,7,10)(H,8,9)(H,11,12);4H,3,5H2,1-2H3;4-5H,3H2,1-2H3;2*1-2H3. The average molecular weight is 382 g/mol. The van der Waals surface area contributed by atoms with Crippen LogP contribution in [0.1, 0.15) is 74.7 Å². The lowest BCUT2D eigenvalue weighted by Gasteiger charge is -2.08. The first-order valence-electron chi connectivity index (χ1n) is 9.19. The minimum atomic E-state index is -1.18. The van der Waals surface area contributed by atoms with Gasteiger partial charge in [-0.15, -0.1) is 0 Å². The third-order valence-electron chi connectivity index (χ3n) is 2.26. The lowest BCUT2D eigenvalue weighted by atomic mass is 10.1. The number of nitrogens with one attached hydrogen (secondary N) is 1. The Kier molecular flexibility index (Phi) is 42.4. The van der Waals surface area contributed by atoms with Crippen molar-refractivity contribution in [3.63, 3.8) is 0 Å². The Labute approximate surface area is 159 Å². The molecule has 0 aliphatic rings. The Hall–Kier alpha value is -1.67. The molecule has 2 unspecified atom stereocenters. The van der Waals surface area contributed by atoms with Crippen molar-refractivity contribution in [2.75, 3.05) is 6.61 Å². The van der Waals surface area contributed by atoms with Crippen LogP contribution in [-0.4, -0.2) is 47.2 Å². The van der Waals surface area contributed by atoms with E-state index in [1.54, 1.807) is 0 Å². The monoisotopic (exact) mass is 381 g/mol. The van der Waals surface area contributed by atoms with Gasteiger partial charge in [-0.25, -0.2) is 4.79 Å². The number of aliphatic carboxylic acids is 1. The lowest BCUT2D eigenvalue weighted by molar-refractivity contribution is -0.140. The van der Waals surface area contributed by atoms with Crippen LogP contribution in [0.4, 0.5) is 0 Å². The van der Waals surface area contributed by atoms with E-state index in [0.29, 0.717) is 18.6 Å². The summed E-state index contributed by atoms with van der Waals surface area (Å²) in [4.78, 5) is 30.4. The topological polar surface area (TPSA) is 156 Å². The number of carboxylic acids is 1. The highest BCUT2D eigenvalue weighted by atomic mass is 16.4. The van der Waals surface area contributed by atoms with Crippen molar-refractivity contribution < 1.29 is 24.6 Å². The van der Waals surface area contributed by atoms with E-state index in [1.165, 1.54) is 0 Å². The number of aliphatic hydroxyl groups is 1. The first-order chi connectivity index (χ1) is 12.1. The van der Waals surface area contributed by atoms with Crippen LogP contribution in [0.2, 0.25) is 0 Å². The predicted octanol–water partition coefficient (Wildman–Crippen LogP) is 1.88. The van der Waals surface area contributed by atoms with Crippen LogP contribution < -0.4 is 16.8 Å². The highest BCUT2D eigenvalue weighted by molar-refractivity contribution is 5.78. The number of hydrogen-bond acceptors (Lipinski definition) is 5. The zero-order chi connectivity index (χ0) is 22.1. The average Bonchev–Trinajstić information content (AvgIpc) is 2.62. The number of amides is 2. The molecule has 8 nitrogen and oxygen atoms in total. The summed E-state index contributed by atoms with van der Waals surface area (Å²) in [6.07, 6.45) is 1.32. The van der Waals surface area contributed by atoms with E-state index in [2.05, 4.69) is 6.92 Å². The largest absolute Gasteiger partial charge is 0.480 e. The molecule has 0 saturated heterocycles. The molecule has 0 aromatic carbocycles. The number of hydrogen-bond donors (Lipinski definition) is 5. The van der Waals surface area contributed by atoms with Crippen LogP contribution in [0.25, 0.3) is 0 Å². The molecule has 0 bridgehead atoms. The van der Waals surface area contributed by atoms with Gasteiger partial charge in [0.25, 0.3) is 0 Å². The summed E-state index contributed by atoms with van der Waals surface area (Å²) in [6.45, 7) is 16.3. The van der Waals surface area contributed by atoms with Gasteiger partial charge in [0.1, 0.15) is 6.04 Å². The highest BCUT2D eigenvalue weighted by Crippen LogP contribution is 1.95. The molecule has 0 heterocycles. The van der Waals surface area contributed by atoms with Crippen LogP contribution in [-0.2, 0) is 14.4 Å². The lowest BCUT2D eigenvalue weighted by Crippen LogP contribution is -2.36. The Balaban J connectivity index is -0.0000000875. The molecular formula is C18H43N3O5. The normalized spacial score (nSPS) is 10.6.